The standard InChI is InChI=1S/C27H23N3O5S/c1-4-35-17-8-9-19-21(13-17)36-27(29-19)30-23(16-6-5-11-28-14-16)22(25(32)26(30)33)24(31)18-12-15(2)7-10-20(18)34-3/h5-14,23,31H,4H2,1-3H3/b24-22+. The number of amides is 1. The molecule has 8 nitrogen and oxygen atoms in total. The maximum atomic E-state index is 13.4. The Morgan fingerprint density at radius 1 is 1.17 bits per heavy atom. The van der Waals surface area contributed by atoms with E-state index in [1.165, 1.54) is 23.3 Å². The van der Waals surface area contributed by atoms with Crippen LogP contribution in [0.3, 0.4) is 0 Å². The van der Waals surface area contributed by atoms with Gasteiger partial charge in [0.2, 0.25) is 0 Å². The maximum Gasteiger partial charge on any atom is 0.301 e. The molecule has 1 aliphatic heterocycles. The number of nitrogens with zero attached hydrogens (tertiary/aromatic N) is 3. The van der Waals surface area contributed by atoms with Crippen LogP contribution in [0.1, 0.15) is 29.7 Å². The van der Waals surface area contributed by atoms with Gasteiger partial charge in [0.05, 0.1) is 41.1 Å². The number of ether oxygens (including phenoxy) is 2. The number of thiazole rings is 1. The first-order valence-corrected chi connectivity index (χ1v) is 12.1. The van der Waals surface area contributed by atoms with Crippen molar-refractivity contribution in [3.05, 3.63) is 83.2 Å². The predicted molar refractivity (Wildman–Crippen MR) is 138 cm³/mol. The van der Waals surface area contributed by atoms with E-state index in [-0.39, 0.29) is 11.3 Å². The van der Waals surface area contributed by atoms with Crippen LogP contribution in [0.2, 0.25) is 0 Å². The summed E-state index contributed by atoms with van der Waals surface area (Å²) in [5.74, 6) is -0.819. The summed E-state index contributed by atoms with van der Waals surface area (Å²) < 4.78 is 11.8. The van der Waals surface area contributed by atoms with Crippen molar-refractivity contribution >= 4 is 44.1 Å². The van der Waals surface area contributed by atoms with Crippen LogP contribution in [0.4, 0.5) is 5.13 Å². The number of carbonyl (C=O) groups is 2. The second-order valence-electron chi connectivity index (χ2n) is 8.22. The number of aliphatic hydroxyl groups excluding tert-OH is 1. The van der Waals surface area contributed by atoms with Gasteiger partial charge in [-0.25, -0.2) is 4.98 Å². The number of hydrogen-bond donors (Lipinski definition) is 1. The Kier molecular flexibility index (Phi) is 6.15. The summed E-state index contributed by atoms with van der Waals surface area (Å²) >= 11 is 1.27. The van der Waals surface area contributed by atoms with Crippen LogP contribution in [-0.2, 0) is 9.59 Å². The lowest BCUT2D eigenvalue weighted by Gasteiger charge is -2.22. The molecule has 1 saturated heterocycles. The van der Waals surface area contributed by atoms with Gasteiger partial charge in [0.25, 0.3) is 5.78 Å². The van der Waals surface area contributed by atoms with Crippen LogP contribution in [-0.4, -0.2) is 40.5 Å². The summed E-state index contributed by atoms with van der Waals surface area (Å²) in [5.41, 5.74) is 2.38. The van der Waals surface area contributed by atoms with Gasteiger partial charge < -0.3 is 14.6 Å². The number of aromatic nitrogens is 2. The smallest absolute Gasteiger partial charge is 0.301 e. The number of methoxy groups -OCH3 is 1. The average molecular weight is 502 g/mol. The van der Waals surface area contributed by atoms with E-state index in [1.807, 2.05) is 38.1 Å². The van der Waals surface area contributed by atoms with Crippen molar-refractivity contribution in [3.63, 3.8) is 0 Å². The highest BCUT2D eigenvalue weighted by molar-refractivity contribution is 7.22. The van der Waals surface area contributed by atoms with Crippen molar-refractivity contribution in [1.29, 1.82) is 0 Å². The fourth-order valence-corrected chi connectivity index (χ4v) is 5.31. The number of anilines is 1. The largest absolute Gasteiger partial charge is 0.507 e. The van der Waals surface area contributed by atoms with Gasteiger partial charge in [0, 0.05) is 12.4 Å². The minimum atomic E-state index is -0.921. The molecule has 1 fully saturated rings. The molecule has 1 amide bonds. The topological polar surface area (TPSA) is 102 Å². The Bertz CT molecular complexity index is 1510. The molecule has 1 N–H and O–H groups in total. The third-order valence-electron chi connectivity index (χ3n) is 5.92. The molecule has 2 aromatic heterocycles. The van der Waals surface area contributed by atoms with Crippen molar-refractivity contribution in [2.75, 3.05) is 18.6 Å². The van der Waals surface area contributed by atoms with E-state index in [1.54, 1.807) is 36.7 Å². The van der Waals surface area contributed by atoms with E-state index >= 15 is 0 Å². The van der Waals surface area contributed by atoms with Gasteiger partial charge in [0.1, 0.15) is 17.3 Å². The van der Waals surface area contributed by atoms with Gasteiger partial charge in [-0.05, 0) is 55.8 Å². The second kappa shape index (κ2) is 9.43. The molecule has 182 valence electrons. The number of fused-ring (bicyclic) bond motifs is 1. The average Bonchev–Trinajstić information content (AvgIpc) is 3.42. The van der Waals surface area contributed by atoms with Crippen LogP contribution < -0.4 is 14.4 Å². The zero-order valence-electron chi connectivity index (χ0n) is 19.9. The Labute approximate surface area is 211 Å². The Morgan fingerprint density at radius 3 is 2.72 bits per heavy atom. The van der Waals surface area contributed by atoms with E-state index in [4.69, 9.17) is 9.47 Å². The van der Waals surface area contributed by atoms with Crippen LogP contribution in [0.15, 0.2) is 66.5 Å². The fraction of sp³-hybridized carbons (Fsp3) is 0.185. The molecule has 36 heavy (non-hydrogen) atoms. The number of benzene rings is 2. The third-order valence-corrected chi connectivity index (χ3v) is 6.94. The summed E-state index contributed by atoms with van der Waals surface area (Å²) in [5, 5.41) is 11.8. The molecule has 1 unspecified atom stereocenters. The van der Waals surface area contributed by atoms with Crippen molar-refractivity contribution < 1.29 is 24.2 Å². The van der Waals surface area contributed by atoms with Gasteiger partial charge in [-0.1, -0.05) is 29.0 Å². The normalized spacial score (nSPS) is 17.1. The van der Waals surface area contributed by atoms with Gasteiger partial charge in [-0.2, -0.15) is 0 Å². The number of aryl methyl sites for hydroxylation is 1. The van der Waals surface area contributed by atoms with Crippen molar-refractivity contribution in [1.82, 2.24) is 9.97 Å². The quantitative estimate of drug-likeness (QED) is 0.225. The van der Waals surface area contributed by atoms with E-state index in [0.29, 0.717) is 39.9 Å². The first-order chi connectivity index (χ1) is 17.4. The molecule has 0 aliphatic carbocycles. The molecular weight excluding hydrogens is 478 g/mol. The highest BCUT2D eigenvalue weighted by Crippen LogP contribution is 2.45. The van der Waals surface area contributed by atoms with E-state index < -0.39 is 17.7 Å². The van der Waals surface area contributed by atoms with Crippen molar-refractivity contribution in [2.24, 2.45) is 0 Å². The molecule has 4 aromatic rings. The van der Waals surface area contributed by atoms with Crippen molar-refractivity contribution in [3.8, 4) is 11.5 Å². The molecule has 0 spiro atoms. The maximum absolute atomic E-state index is 13.4. The summed E-state index contributed by atoms with van der Waals surface area (Å²) in [7, 11) is 1.48. The lowest BCUT2D eigenvalue weighted by atomic mass is 9.95. The summed E-state index contributed by atoms with van der Waals surface area (Å²) in [4.78, 5) is 37.0. The fourth-order valence-electron chi connectivity index (χ4n) is 4.29. The van der Waals surface area contributed by atoms with Crippen LogP contribution in [0.25, 0.3) is 16.0 Å². The van der Waals surface area contributed by atoms with Gasteiger partial charge in [-0.3, -0.25) is 19.5 Å². The zero-order valence-corrected chi connectivity index (χ0v) is 20.7. The van der Waals surface area contributed by atoms with Crippen molar-refractivity contribution in [2.45, 2.75) is 19.9 Å². The lowest BCUT2D eigenvalue weighted by molar-refractivity contribution is -0.132. The van der Waals surface area contributed by atoms with Gasteiger partial charge >= 0.3 is 5.91 Å². The van der Waals surface area contributed by atoms with E-state index in [0.717, 1.165) is 10.3 Å². The van der Waals surface area contributed by atoms with Gasteiger partial charge in [-0.15, -0.1) is 0 Å². The molecule has 9 heteroatoms. The highest BCUT2D eigenvalue weighted by atomic mass is 32.1. The SMILES string of the molecule is CCOc1ccc2nc(N3C(=O)C(=O)/C(=C(/O)c4cc(C)ccc4OC)C3c3cccnc3)sc2c1. The molecule has 2 aromatic carbocycles. The van der Waals surface area contributed by atoms with Crippen LogP contribution in [0.5, 0.6) is 11.5 Å². The van der Waals surface area contributed by atoms with E-state index in [9.17, 15) is 14.7 Å². The minimum absolute atomic E-state index is 0.0499. The molecule has 1 atom stereocenters. The number of hydrogen-bond acceptors (Lipinski definition) is 8. The highest BCUT2D eigenvalue weighted by Gasteiger charge is 2.48. The third kappa shape index (κ3) is 3.97. The number of aliphatic hydroxyl groups is 1. The molecule has 5 rings (SSSR count). The Hall–Kier alpha value is -4.24. The molecule has 3 heterocycles. The minimum Gasteiger partial charge on any atom is -0.507 e. The summed E-state index contributed by atoms with van der Waals surface area (Å²) in [6, 6.07) is 13.3. The Morgan fingerprint density at radius 2 is 2.00 bits per heavy atom. The monoisotopic (exact) mass is 501 g/mol. The number of rotatable bonds is 6. The summed E-state index contributed by atoms with van der Waals surface area (Å²) in [6.45, 7) is 4.29. The summed E-state index contributed by atoms with van der Waals surface area (Å²) in [6.07, 6.45) is 3.18. The molecule has 0 saturated carbocycles. The Balaban J connectivity index is 1.71. The van der Waals surface area contributed by atoms with Crippen LogP contribution in [0, 0.1) is 6.92 Å². The molecular formula is C27H23N3O5S. The predicted octanol–water partition coefficient (Wildman–Crippen LogP) is 5.03. The van der Waals surface area contributed by atoms with Crippen LogP contribution >= 0.6 is 11.3 Å². The zero-order chi connectivity index (χ0) is 25.4. The lowest BCUT2D eigenvalue weighted by Crippen LogP contribution is -2.29. The molecule has 0 radical (unpaired) electrons. The number of ketones is 1. The first-order valence-electron chi connectivity index (χ1n) is 11.3. The molecule has 0 bridgehead atoms. The van der Waals surface area contributed by atoms with E-state index in [2.05, 4.69) is 9.97 Å². The molecule has 1 aliphatic rings. The number of pyridine rings is 1. The first kappa shape index (κ1) is 23.5. The second-order valence-corrected chi connectivity index (χ2v) is 9.23. The number of carbonyl (C=O) groups excluding carboxylic acids is 2. The van der Waals surface area contributed by atoms with Gasteiger partial charge in [0.15, 0.2) is 5.13 Å². The number of Topliss-reactive ketones (excluding diaryl/α,β-unsaturated/α-hetero) is 1.